The van der Waals surface area contributed by atoms with Gasteiger partial charge in [-0.3, -0.25) is 0 Å². The zero-order valence-electron chi connectivity index (χ0n) is 10.9. The van der Waals surface area contributed by atoms with Gasteiger partial charge >= 0.3 is 0 Å². The van der Waals surface area contributed by atoms with Crippen molar-refractivity contribution in [2.75, 3.05) is 0 Å². The van der Waals surface area contributed by atoms with E-state index in [-0.39, 0.29) is 5.41 Å². The van der Waals surface area contributed by atoms with Gasteiger partial charge in [0.1, 0.15) is 0 Å². The van der Waals surface area contributed by atoms with Gasteiger partial charge in [0.05, 0.1) is 0 Å². The second-order valence-electron chi connectivity index (χ2n) is 4.91. The van der Waals surface area contributed by atoms with Crippen molar-refractivity contribution in [3.05, 3.63) is 71.8 Å². The molecular weight excluding hydrogens is 204 g/mol. The Balaban J connectivity index is 2.46. The van der Waals surface area contributed by atoms with E-state index in [0.717, 1.165) is 0 Å². The molecule has 0 radical (unpaired) electrons. The van der Waals surface area contributed by atoms with Crippen LogP contribution in [0.1, 0.15) is 32.3 Å². The normalized spacial score (nSPS) is 28.4. The Morgan fingerprint density at radius 1 is 1.18 bits per heavy atom. The average molecular weight is 224 g/mol. The second kappa shape index (κ2) is 4.75. The van der Waals surface area contributed by atoms with Crippen molar-refractivity contribution in [1.82, 2.24) is 0 Å². The van der Waals surface area contributed by atoms with Gasteiger partial charge < -0.3 is 0 Å². The van der Waals surface area contributed by atoms with Crippen molar-refractivity contribution in [1.29, 1.82) is 0 Å². The van der Waals surface area contributed by atoms with Crippen molar-refractivity contribution in [2.45, 2.75) is 26.7 Å². The van der Waals surface area contributed by atoms with E-state index in [1.807, 2.05) is 0 Å². The summed E-state index contributed by atoms with van der Waals surface area (Å²) in [5.41, 5.74) is 2.91. The molecule has 0 spiro atoms. The summed E-state index contributed by atoms with van der Waals surface area (Å²) in [6.07, 6.45) is 11.2. The van der Waals surface area contributed by atoms with Crippen LogP contribution in [0.4, 0.5) is 0 Å². The van der Waals surface area contributed by atoms with Gasteiger partial charge in [-0.15, -0.1) is 0 Å². The average Bonchev–Trinajstić information content (AvgIpc) is 2.34. The quantitative estimate of drug-likeness (QED) is 0.629. The summed E-state index contributed by atoms with van der Waals surface area (Å²) in [6, 6.07) is 10.7. The van der Waals surface area contributed by atoms with Gasteiger partial charge in [0, 0.05) is 11.3 Å². The Kier molecular flexibility index (Phi) is 3.33. The first-order valence-electron chi connectivity index (χ1n) is 6.23. The maximum absolute atomic E-state index is 2.32. The molecule has 0 heteroatoms. The van der Waals surface area contributed by atoms with Crippen molar-refractivity contribution >= 4 is 0 Å². The molecule has 17 heavy (non-hydrogen) atoms. The Morgan fingerprint density at radius 2 is 1.88 bits per heavy atom. The summed E-state index contributed by atoms with van der Waals surface area (Å²) in [6.45, 7) is 6.64. The highest BCUT2D eigenvalue weighted by molar-refractivity contribution is 5.40. The van der Waals surface area contributed by atoms with Crippen LogP contribution in [0.25, 0.3) is 0 Å². The fourth-order valence-electron chi connectivity index (χ4n) is 2.63. The van der Waals surface area contributed by atoms with E-state index < -0.39 is 0 Å². The highest BCUT2D eigenvalue weighted by Gasteiger charge is 2.33. The lowest BCUT2D eigenvalue weighted by Gasteiger charge is -2.37. The number of benzene rings is 1. The van der Waals surface area contributed by atoms with Gasteiger partial charge in [-0.05, 0) is 19.4 Å². The standard InChI is InChI=1S/C17H20/c1-4-13-17(3)14(2)9-8-12-16(17)15-10-6-5-7-11-15/h4-13,16H,1-3H3. The number of hydrogen-bond donors (Lipinski definition) is 0. The molecule has 0 fully saturated rings. The van der Waals surface area contributed by atoms with E-state index in [1.54, 1.807) is 0 Å². The Bertz CT molecular complexity index is 462. The smallest absolute Gasteiger partial charge is 0.0166 e. The van der Waals surface area contributed by atoms with Crippen LogP contribution in [0.2, 0.25) is 0 Å². The van der Waals surface area contributed by atoms with E-state index in [0.29, 0.717) is 5.92 Å². The van der Waals surface area contributed by atoms with Crippen LogP contribution in [0.5, 0.6) is 0 Å². The van der Waals surface area contributed by atoms with Gasteiger partial charge in [0.2, 0.25) is 0 Å². The summed E-state index contributed by atoms with van der Waals surface area (Å²) in [4.78, 5) is 0. The van der Waals surface area contributed by atoms with Gasteiger partial charge in [-0.1, -0.05) is 73.2 Å². The fraction of sp³-hybridized carbons (Fsp3) is 0.294. The molecule has 1 aliphatic rings. The van der Waals surface area contributed by atoms with Crippen molar-refractivity contribution < 1.29 is 0 Å². The molecule has 0 amide bonds. The van der Waals surface area contributed by atoms with Gasteiger partial charge in [-0.25, -0.2) is 0 Å². The first-order chi connectivity index (χ1) is 8.18. The third kappa shape index (κ3) is 2.12. The monoisotopic (exact) mass is 224 g/mol. The second-order valence-corrected chi connectivity index (χ2v) is 4.91. The molecule has 0 saturated carbocycles. The molecule has 2 rings (SSSR count). The van der Waals surface area contributed by atoms with Crippen molar-refractivity contribution in [2.24, 2.45) is 5.41 Å². The third-order valence-corrected chi connectivity index (χ3v) is 3.82. The molecule has 2 unspecified atom stereocenters. The van der Waals surface area contributed by atoms with Crippen LogP contribution < -0.4 is 0 Å². The molecule has 0 saturated heterocycles. The molecule has 0 aromatic heterocycles. The molecule has 0 heterocycles. The summed E-state index contributed by atoms with van der Waals surface area (Å²) in [5.74, 6) is 0.435. The Morgan fingerprint density at radius 3 is 2.53 bits per heavy atom. The van der Waals surface area contributed by atoms with E-state index >= 15 is 0 Å². The first kappa shape index (κ1) is 11.9. The molecule has 1 aliphatic carbocycles. The topological polar surface area (TPSA) is 0 Å². The maximum atomic E-state index is 2.32. The minimum atomic E-state index is 0.102. The molecule has 0 bridgehead atoms. The molecule has 0 aliphatic heterocycles. The largest absolute Gasteiger partial charge is 0.0908 e. The minimum absolute atomic E-state index is 0.102. The van der Waals surface area contributed by atoms with Crippen LogP contribution in [0.3, 0.4) is 0 Å². The summed E-state index contributed by atoms with van der Waals surface area (Å²) < 4.78 is 0. The van der Waals surface area contributed by atoms with Crippen LogP contribution >= 0.6 is 0 Å². The van der Waals surface area contributed by atoms with Crippen LogP contribution in [-0.4, -0.2) is 0 Å². The lowest BCUT2D eigenvalue weighted by molar-refractivity contribution is 0.451. The maximum Gasteiger partial charge on any atom is 0.0166 e. The predicted molar refractivity (Wildman–Crippen MR) is 75.0 cm³/mol. The van der Waals surface area contributed by atoms with Gasteiger partial charge in [0.25, 0.3) is 0 Å². The van der Waals surface area contributed by atoms with Gasteiger partial charge in [-0.2, -0.15) is 0 Å². The fourth-order valence-corrected chi connectivity index (χ4v) is 2.63. The van der Waals surface area contributed by atoms with Crippen LogP contribution in [0.15, 0.2) is 66.3 Å². The highest BCUT2D eigenvalue weighted by atomic mass is 14.4. The molecule has 0 N–H and O–H groups in total. The molecular formula is C17H20. The molecule has 1 aromatic rings. The van der Waals surface area contributed by atoms with Crippen LogP contribution in [-0.2, 0) is 0 Å². The zero-order chi connectivity index (χ0) is 12.3. The molecule has 2 atom stereocenters. The number of allylic oxidation sites excluding steroid dienone is 6. The number of rotatable bonds is 2. The first-order valence-corrected chi connectivity index (χ1v) is 6.23. The van der Waals surface area contributed by atoms with Crippen LogP contribution in [0, 0.1) is 5.41 Å². The lowest BCUT2D eigenvalue weighted by Crippen LogP contribution is -2.25. The Labute approximate surface area is 104 Å². The highest BCUT2D eigenvalue weighted by Crippen LogP contribution is 2.46. The lowest BCUT2D eigenvalue weighted by atomic mass is 9.66. The van der Waals surface area contributed by atoms with Crippen molar-refractivity contribution in [3.63, 3.8) is 0 Å². The van der Waals surface area contributed by atoms with E-state index in [4.69, 9.17) is 0 Å². The Hall–Kier alpha value is -1.56. The SMILES string of the molecule is CC=CC1(C)C(C)=CC=CC1c1ccccc1. The molecule has 0 nitrogen and oxygen atoms in total. The predicted octanol–water partition coefficient (Wildman–Crippen LogP) is 4.87. The summed E-state index contributed by atoms with van der Waals surface area (Å²) in [7, 11) is 0. The van der Waals surface area contributed by atoms with E-state index in [2.05, 4.69) is 81.5 Å². The molecule has 1 aromatic carbocycles. The number of hydrogen-bond acceptors (Lipinski definition) is 0. The summed E-state index contributed by atoms with van der Waals surface area (Å²) >= 11 is 0. The van der Waals surface area contributed by atoms with Crippen molar-refractivity contribution in [3.8, 4) is 0 Å². The zero-order valence-corrected chi connectivity index (χ0v) is 10.9. The van der Waals surface area contributed by atoms with E-state index in [9.17, 15) is 0 Å². The third-order valence-electron chi connectivity index (χ3n) is 3.82. The minimum Gasteiger partial charge on any atom is -0.0908 e. The molecule has 88 valence electrons. The summed E-state index contributed by atoms with van der Waals surface area (Å²) in [5, 5.41) is 0. The van der Waals surface area contributed by atoms with Gasteiger partial charge in [0.15, 0.2) is 0 Å². The van der Waals surface area contributed by atoms with E-state index in [1.165, 1.54) is 11.1 Å².